The molecule has 0 aliphatic rings. The molecule has 0 atom stereocenters. The number of fused-ring (bicyclic) bond motifs is 9. The minimum Gasteiger partial charge on any atom is -0.383 e. The molecule has 28 heavy (non-hydrogen) atoms. The maximum Gasteiger partial charge on any atom is 0.222 e. The Labute approximate surface area is 158 Å². The van der Waals surface area contributed by atoms with E-state index in [1.807, 2.05) is 36.4 Å². The molecular formula is C22H14N6. The van der Waals surface area contributed by atoms with Gasteiger partial charge in [0.25, 0.3) is 0 Å². The molecule has 132 valence electrons. The second-order valence-electron chi connectivity index (χ2n) is 6.81. The first-order chi connectivity index (χ1) is 13.7. The van der Waals surface area contributed by atoms with Crippen LogP contribution < -0.4 is 11.5 Å². The molecular weight excluding hydrogens is 348 g/mol. The SMILES string of the molecule is Nc1nc(N)c2c(ccc3nc4c5ccccc5c5ccccc5c4nc32)n1. The highest BCUT2D eigenvalue weighted by Gasteiger charge is 2.15. The summed E-state index contributed by atoms with van der Waals surface area (Å²) in [6.07, 6.45) is 0. The molecule has 4 N–H and O–H groups in total. The van der Waals surface area contributed by atoms with Crippen LogP contribution >= 0.6 is 0 Å². The van der Waals surface area contributed by atoms with Gasteiger partial charge in [-0.1, -0.05) is 48.5 Å². The van der Waals surface area contributed by atoms with Crippen molar-refractivity contribution in [2.45, 2.75) is 0 Å². The maximum atomic E-state index is 6.17. The van der Waals surface area contributed by atoms with Crippen molar-refractivity contribution < 1.29 is 0 Å². The van der Waals surface area contributed by atoms with E-state index in [-0.39, 0.29) is 5.95 Å². The highest BCUT2D eigenvalue weighted by atomic mass is 15.0. The van der Waals surface area contributed by atoms with E-state index in [0.29, 0.717) is 22.2 Å². The van der Waals surface area contributed by atoms with Gasteiger partial charge >= 0.3 is 0 Å². The van der Waals surface area contributed by atoms with Gasteiger partial charge in [0.1, 0.15) is 11.3 Å². The van der Waals surface area contributed by atoms with Gasteiger partial charge in [-0.3, -0.25) is 0 Å². The quantitative estimate of drug-likeness (QED) is 0.310. The number of nitrogens with zero attached hydrogens (tertiary/aromatic N) is 4. The molecule has 6 rings (SSSR count). The van der Waals surface area contributed by atoms with E-state index in [2.05, 4.69) is 34.2 Å². The molecule has 0 radical (unpaired) electrons. The molecule has 6 aromatic rings. The molecule has 0 unspecified atom stereocenters. The molecule has 0 saturated heterocycles. The lowest BCUT2D eigenvalue weighted by Crippen LogP contribution is -2.02. The molecule has 2 heterocycles. The predicted molar refractivity (Wildman–Crippen MR) is 114 cm³/mol. The highest BCUT2D eigenvalue weighted by molar-refractivity contribution is 6.24. The van der Waals surface area contributed by atoms with Crippen LogP contribution in [0.4, 0.5) is 11.8 Å². The van der Waals surface area contributed by atoms with Crippen molar-refractivity contribution in [3.8, 4) is 0 Å². The number of nitrogens with two attached hydrogens (primary N) is 2. The summed E-state index contributed by atoms with van der Waals surface area (Å²) in [6, 6.07) is 20.3. The zero-order chi connectivity index (χ0) is 18.8. The number of anilines is 2. The largest absolute Gasteiger partial charge is 0.383 e. The van der Waals surface area contributed by atoms with E-state index in [0.717, 1.165) is 38.1 Å². The van der Waals surface area contributed by atoms with Crippen LogP contribution in [0, 0.1) is 0 Å². The predicted octanol–water partition coefficient (Wildman–Crippen LogP) is 4.20. The van der Waals surface area contributed by atoms with Crippen molar-refractivity contribution in [2.75, 3.05) is 11.5 Å². The van der Waals surface area contributed by atoms with Crippen molar-refractivity contribution in [3.63, 3.8) is 0 Å². The zero-order valence-corrected chi connectivity index (χ0v) is 14.7. The second-order valence-corrected chi connectivity index (χ2v) is 6.81. The van der Waals surface area contributed by atoms with Crippen molar-refractivity contribution in [1.82, 2.24) is 19.9 Å². The van der Waals surface area contributed by atoms with E-state index in [4.69, 9.17) is 21.4 Å². The zero-order valence-electron chi connectivity index (χ0n) is 14.7. The Kier molecular flexibility index (Phi) is 2.81. The van der Waals surface area contributed by atoms with E-state index in [9.17, 15) is 0 Å². The van der Waals surface area contributed by atoms with Crippen molar-refractivity contribution >= 4 is 66.3 Å². The average Bonchev–Trinajstić information content (AvgIpc) is 2.72. The highest BCUT2D eigenvalue weighted by Crippen LogP contribution is 2.35. The summed E-state index contributed by atoms with van der Waals surface area (Å²) in [5.74, 6) is 0.460. The Morgan fingerprint density at radius 3 is 1.75 bits per heavy atom. The average molecular weight is 362 g/mol. The molecule has 0 amide bonds. The van der Waals surface area contributed by atoms with Gasteiger partial charge in [0.2, 0.25) is 5.95 Å². The van der Waals surface area contributed by atoms with Gasteiger partial charge in [-0.05, 0) is 22.9 Å². The maximum absolute atomic E-state index is 6.17. The summed E-state index contributed by atoms with van der Waals surface area (Å²) in [4.78, 5) is 18.4. The van der Waals surface area contributed by atoms with Crippen LogP contribution in [0.25, 0.3) is 54.5 Å². The van der Waals surface area contributed by atoms with Gasteiger partial charge in [0.05, 0.1) is 27.5 Å². The molecule has 6 heteroatoms. The molecule has 4 aromatic carbocycles. The Balaban J connectivity index is 1.92. The number of benzene rings is 4. The summed E-state index contributed by atoms with van der Waals surface area (Å²) in [6.45, 7) is 0. The van der Waals surface area contributed by atoms with Crippen LogP contribution in [0.3, 0.4) is 0 Å². The van der Waals surface area contributed by atoms with Crippen LogP contribution in [-0.4, -0.2) is 19.9 Å². The monoisotopic (exact) mass is 362 g/mol. The van der Waals surface area contributed by atoms with Crippen LogP contribution in [0.2, 0.25) is 0 Å². The van der Waals surface area contributed by atoms with Gasteiger partial charge < -0.3 is 11.5 Å². The van der Waals surface area contributed by atoms with Gasteiger partial charge in [-0.2, -0.15) is 4.98 Å². The van der Waals surface area contributed by atoms with E-state index in [1.165, 1.54) is 0 Å². The van der Waals surface area contributed by atoms with Gasteiger partial charge in [0, 0.05) is 10.8 Å². The lowest BCUT2D eigenvalue weighted by atomic mass is 9.99. The first kappa shape index (κ1) is 15.0. The third kappa shape index (κ3) is 1.91. The third-order valence-corrected chi connectivity index (χ3v) is 5.20. The summed E-state index contributed by atoms with van der Waals surface area (Å²) in [5.41, 5.74) is 15.7. The fraction of sp³-hybridized carbons (Fsp3) is 0. The number of hydrogen-bond acceptors (Lipinski definition) is 6. The number of rotatable bonds is 0. The van der Waals surface area contributed by atoms with Crippen molar-refractivity contribution in [1.29, 1.82) is 0 Å². The Morgan fingerprint density at radius 1 is 0.500 bits per heavy atom. The van der Waals surface area contributed by atoms with E-state index in [1.54, 1.807) is 0 Å². The van der Waals surface area contributed by atoms with Gasteiger partial charge in [-0.25, -0.2) is 15.0 Å². The van der Waals surface area contributed by atoms with Crippen molar-refractivity contribution in [3.05, 3.63) is 60.7 Å². The molecule has 0 aliphatic carbocycles. The minimum absolute atomic E-state index is 0.148. The standard InChI is InChI=1S/C22H14N6/c23-21-17-15(26-22(24)28-21)9-10-16-20(17)27-19-14-8-4-2-6-12(14)11-5-1-3-7-13(11)18(19)25-16/h1-10H,(H4,23,24,26,28). The Morgan fingerprint density at radius 2 is 1.07 bits per heavy atom. The number of nitrogen functional groups attached to an aromatic ring is 2. The van der Waals surface area contributed by atoms with Gasteiger partial charge in [0.15, 0.2) is 0 Å². The van der Waals surface area contributed by atoms with Crippen LogP contribution in [-0.2, 0) is 0 Å². The van der Waals surface area contributed by atoms with Crippen LogP contribution in [0.1, 0.15) is 0 Å². The van der Waals surface area contributed by atoms with Crippen molar-refractivity contribution in [2.24, 2.45) is 0 Å². The molecule has 0 fully saturated rings. The van der Waals surface area contributed by atoms with Crippen LogP contribution in [0.5, 0.6) is 0 Å². The molecule has 0 bridgehead atoms. The smallest absolute Gasteiger partial charge is 0.222 e. The number of hydrogen-bond donors (Lipinski definition) is 2. The summed E-state index contributed by atoms with van der Waals surface area (Å²) in [5, 5.41) is 5.12. The second kappa shape index (κ2) is 5.23. The molecule has 2 aromatic heterocycles. The lowest BCUT2D eigenvalue weighted by molar-refractivity contribution is 1.24. The first-order valence-corrected chi connectivity index (χ1v) is 8.93. The van der Waals surface area contributed by atoms with Crippen LogP contribution in [0.15, 0.2) is 60.7 Å². The Bertz CT molecular complexity index is 1590. The van der Waals surface area contributed by atoms with E-state index < -0.39 is 0 Å². The third-order valence-electron chi connectivity index (χ3n) is 5.20. The van der Waals surface area contributed by atoms with E-state index >= 15 is 0 Å². The summed E-state index contributed by atoms with van der Waals surface area (Å²) in [7, 11) is 0. The first-order valence-electron chi connectivity index (χ1n) is 8.93. The topological polar surface area (TPSA) is 104 Å². The number of aromatic nitrogens is 4. The fourth-order valence-electron chi connectivity index (χ4n) is 4.01. The normalized spacial score (nSPS) is 11.9. The Hall–Kier alpha value is -4.06. The molecule has 0 saturated carbocycles. The molecule has 6 nitrogen and oxygen atoms in total. The summed E-state index contributed by atoms with van der Waals surface area (Å²) < 4.78 is 0. The fourth-order valence-corrected chi connectivity index (χ4v) is 4.01. The summed E-state index contributed by atoms with van der Waals surface area (Å²) >= 11 is 0. The minimum atomic E-state index is 0.148. The molecule has 0 aliphatic heterocycles. The van der Waals surface area contributed by atoms with Gasteiger partial charge in [-0.15, -0.1) is 0 Å². The lowest BCUT2D eigenvalue weighted by Gasteiger charge is -2.11. The molecule has 0 spiro atoms.